The van der Waals surface area contributed by atoms with Crippen molar-refractivity contribution in [3.05, 3.63) is 47.3 Å². The Balaban J connectivity index is 2.41. The summed E-state index contributed by atoms with van der Waals surface area (Å²) in [6.45, 7) is 6.30. The maximum atomic E-state index is 13.8. The molecule has 8 heteroatoms. The molecule has 5 nitrogen and oxygen atoms in total. The van der Waals surface area contributed by atoms with Gasteiger partial charge in [-0.2, -0.15) is 0 Å². The molecular weight excluding hydrogens is 363 g/mol. The normalized spacial score (nSPS) is 10.4. The molecular formula is C19H20F3NO4. The molecule has 1 N–H and O–H groups in total. The fourth-order valence-electron chi connectivity index (χ4n) is 2.34. The first-order chi connectivity index (χ1) is 12.9. The summed E-state index contributed by atoms with van der Waals surface area (Å²) < 4.78 is 56.8. The maximum Gasteiger partial charge on any atom is 0.256 e. The zero-order valence-corrected chi connectivity index (χ0v) is 15.2. The van der Waals surface area contributed by atoms with Crippen molar-refractivity contribution >= 4 is 11.6 Å². The fourth-order valence-corrected chi connectivity index (χ4v) is 2.34. The third-order valence-electron chi connectivity index (χ3n) is 3.45. The number of hydrogen-bond acceptors (Lipinski definition) is 4. The SMILES string of the molecule is CCOc1cc(C(=O)Nc2ccc(F)c(F)c2F)cc(OCC)c1OCC. The molecule has 0 aliphatic carbocycles. The smallest absolute Gasteiger partial charge is 0.256 e. The first-order valence-electron chi connectivity index (χ1n) is 8.44. The average molecular weight is 383 g/mol. The quantitative estimate of drug-likeness (QED) is 0.680. The Morgan fingerprint density at radius 1 is 0.889 bits per heavy atom. The highest BCUT2D eigenvalue weighted by atomic mass is 19.2. The van der Waals surface area contributed by atoms with Crippen molar-refractivity contribution < 1.29 is 32.2 Å². The van der Waals surface area contributed by atoms with Crippen molar-refractivity contribution in [3.63, 3.8) is 0 Å². The predicted octanol–water partition coefficient (Wildman–Crippen LogP) is 4.55. The van der Waals surface area contributed by atoms with Crippen LogP contribution in [-0.4, -0.2) is 25.7 Å². The van der Waals surface area contributed by atoms with Crippen LogP contribution in [0.25, 0.3) is 0 Å². The van der Waals surface area contributed by atoms with E-state index in [0.717, 1.165) is 12.1 Å². The van der Waals surface area contributed by atoms with Gasteiger partial charge < -0.3 is 19.5 Å². The van der Waals surface area contributed by atoms with Gasteiger partial charge >= 0.3 is 0 Å². The molecule has 0 fully saturated rings. The monoisotopic (exact) mass is 383 g/mol. The van der Waals surface area contributed by atoms with Crippen molar-refractivity contribution in [3.8, 4) is 17.2 Å². The lowest BCUT2D eigenvalue weighted by molar-refractivity contribution is 0.102. The average Bonchev–Trinajstić information content (AvgIpc) is 2.65. The largest absolute Gasteiger partial charge is 0.490 e. The van der Waals surface area contributed by atoms with E-state index < -0.39 is 29.0 Å². The van der Waals surface area contributed by atoms with Crippen LogP contribution in [0.1, 0.15) is 31.1 Å². The van der Waals surface area contributed by atoms with Gasteiger partial charge in [-0.3, -0.25) is 4.79 Å². The second-order valence-electron chi connectivity index (χ2n) is 5.28. The number of benzene rings is 2. The van der Waals surface area contributed by atoms with E-state index in [9.17, 15) is 18.0 Å². The van der Waals surface area contributed by atoms with E-state index in [1.807, 2.05) is 0 Å². The Bertz CT molecular complexity index is 800. The zero-order valence-electron chi connectivity index (χ0n) is 15.2. The third-order valence-corrected chi connectivity index (χ3v) is 3.45. The molecule has 0 unspecified atom stereocenters. The summed E-state index contributed by atoms with van der Waals surface area (Å²) in [5.41, 5.74) is -0.404. The van der Waals surface area contributed by atoms with Gasteiger partial charge in [-0.15, -0.1) is 0 Å². The molecule has 27 heavy (non-hydrogen) atoms. The van der Waals surface area contributed by atoms with Gasteiger partial charge in [-0.1, -0.05) is 0 Å². The molecule has 1 amide bonds. The van der Waals surface area contributed by atoms with E-state index in [0.29, 0.717) is 25.6 Å². The summed E-state index contributed by atoms with van der Waals surface area (Å²) in [6.07, 6.45) is 0. The molecule has 0 atom stereocenters. The molecule has 0 saturated carbocycles. The second kappa shape index (κ2) is 9.16. The molecule has 2 aromatic carbocycles. The second-order valence-corrected chi connectivity index (χ2v) is 5.28. The first kappa shape index (κ1) is 20.4. The van der Waals surface area contributed by atoms with Gasteiger partial charge in [0, 0.05) is 5.56 Å². The summed E-state index contributed by atoms with van der Waals surface area (Å²) in [6, 6.07) is 4.48. The summed E-state index contributed by atoms with van der Waals surface area (Å²) >= 11 is 0. The maximum absolute atomic E-state index is 13.8. The van der Waals surface area contributed by atoms with Crippen LogP contribution in [0, 0.1) is 17.5 Å². The van der Waals surface area contributed by atoms with Gasteiger partial charge in [0.2, 0.25) is 5.75 Å². The van der Waals surface area contributed by atoms with Crippen LogP contribution in [0.5, 0.6) is 17.2 Å². The summed E-state index contributed by atoms with van der Waals surface area (Å²) in [4.78, 5) is 12.5. The Morgan fingerprint density at radius 3 is 1.96 bits per heavy atom. The first-order valence-corrected chi connectivity index (χ1v) is 8.44. The Hall–Kier alpha value is -2.90. The fraction of sp³-hybridized carbons (Fsp3) is 0.316. The van der Waals surface area contributed by atoms with E-state index in [4.69, 9.17) is 14.2 Å². The molecule has 0 aliphatic heterocycles. The summed E-state index contributed by atoms with van der Waals surface area (Å²) in [5, 5.41) is 2.21. The van der Waals surface area contributed by atoms with Gasteiger partial charge in [0.15, 0.2) is 29.0 Å². The highest BCUT2D eigenvalue weighted by molar-refractivity contribution is 6.05. The number of carbonyl (C=O) groups excluding carboxylic acids is 1. The van der Waals surface area contributed by atoms with Gasteiger partial charge in [0.05, 0.1) is 25.5 Å². The van der Waals surface area contributed by atoms with Crippen molar-refractivity contribution in [2.45, 2.75) is 20.8 Å². The highest BCUT2D eigenvalue weighted by Gasteiger charge is 2.20. The van der Waals surface area contributed by atoms with Crippen LogP contribution in [0.2, 0.25) is 0 Å². The van der Waals surface area contributed by atoms with Crippen molar-refractivity contribution in [2.75, 3.05) is 25.1 Å². The van der Waals surface area contributed by atoms with E-state index in [1.54, 1.807) is 20.8 Å². The lowest BCUT2D eigenvalue weighted by Gasteiger charge is -2.17. The van der Waals surface area contributed by atoms with E-state index >= 15 is 0 Å². The number of carbonyl (C=O) groups is 1. The van der Waals surface area contributed by atoms with Gasteiger partial charge in [-0.05, 0) is 45.0 Å². The summed E-state index contributed by atoms with van der Waals surface area (Å²) in [5.74, 6) is -4.33. The zero-order chi connectivity index (χ0) is 20.0. The van der Waals surface area contributed by atoms with E-state index in [-0.39, 0.29) is 17.1 Å². The lowest BCUT2D eigenvalue weighted by atomic mass is 10.1. The molecule has 146 valence electrons. The van der Waals surface area contributed by atoms with E-state index in [2.05, 4.69) is 5.32 Å². The number of anilines is 1. The van der Waals surface area contributed by atoms with Crippen LogP contribution >= 0.6 is 0 Å². The number of ether oxygens (including phenoxy) is 3. The molecule has 0 spiro atoms. The van der Waals surface area contributed by atoms with Crippen LogP contribution in [0.4, 0.5) is 18.9 Å². The standard InChI is InChI=1S/C19H20F3NO4/c1-4-25-14-9-11(10-15(26-5-2)18(14)27-6-3)19(24)23-13-8-7-12(20)16(21)17(13)22/h7-10H,4-6H2,1-3H3,(H,23,24). The minimum absolute atomic E-state index is 0.0782. The van der Waals surface area contributed by atoms with Crippen molar-refractivity contribution in [2.24, 2.45) is 0 Å². The highest BCUT2D eigenvalue weighted by Crippen LogP contribution is 2.39. The molecule has 0 radical (unpaired) electrons. The number of nitrogens with one attached hydrogen (secondary N) is 1. The Labute approximate surface area is 155 Å². The number of rotatable bonds is 8. The van der Waals surface area contributed by atoms with Crippen LogP contribution < -0.4 is 19.5 Å². The topological polar surface area (TPSA) is 56.8 Å². The predicted molar refractivity (Wildman–Crippen MR) is 94.2 cm³/mol. The van der Waals surface area contributed by atoms with Gasteiger partial charge in [0.25, 0.3) is 5.91 Å². The molecule has 0 bridgehead atoms. The van der Waals surface area contributed by atoms with Crippen molar-refractivity contribution in [1.29, 1.82) is 0 Å². The van der Waals surface area contributed by atoms with Crippen molar-refractivity contribution in [1.82, 2.24) is 0 Å². The number of halogens is 3. The van der Waals surface area contributed by atoms with Crippen LogP contribution in [-0.2, 0) is 0 Å². The number of hydrogen-bond donors (Lipinski definition) is 1. The van der Waals surface area contributed by atoms with Crippen LogP contribution in [0.3, 0.4) is 0 Å². The summed E-state index contributed by atoms with van der Waals surface area (Å²) in [7, 11) is 0. The molecule has 0 saturated heterocycles. The molecule has 0 aromatic heterocycles. The molecule has 2 rings (SSSR count). The van der Waals surface area contributed by atoms with Gasteiger partial charge in [0.1, 0.15) is 0 Å². The Kier molecular flexibility index (Phi) is 6.92. The van der Waals surface area contributed by atoms with Crippen LogP contribution in [0.15, 0.2) is 24.3 Å². The third kappa shape index (κ3) is 4.64. The van der Waals surface area contributed by atoms with Gasteiger partial charge in [-0.25, -0.2) is 13.2 Å². The van der Waals surface area contributed by atoms with E-state index in [1.165, 1.54) is 12.1 Å². The Morgan fingerprint density at radius 2 is 1.44 bits per heavy atom. The molecule has 0 heterocycles. The minimum Gasteiger partial charge on any atom is -0.490 e. The molecule has 2 aromatic rings. The molecule has 0 aliphatic rings. The number of amides is 1. The minimum atomic E-state index is -1.66. The lowest BCUT2D eigenvalue weighted by Crippen LogP contribution is -2.15.